The molecule has 0 aromatic rings. The highest BCUT2D eigenvalue weighted by Gasteiger charge is 2.22. The van der Waals surface area contributed by atoms with Crippen LogP contribution in [0.25, 0.3) is 0 Å². The summed E-state index contributed by atoms with van der Waals surface area (Å²) < 4.78 is 10.2. The van der Waals surface area contributed by atoms with Gasteiger partial charge in [-0.05, 0) is 12.8 Å². The molecule has 1 amide bonds. The Labute approximate surface area is 100 Å². The molecule has 0 spiro atoms. The molecule has 0 unspecified atom stereocenters. The fourth-order valence-corrected chi connectivity index (χ4v) is 1.80. The van der Waals surface area contributed by atoms with Crippen LogP contribution in [-0.4, -0.2) is 61.4 Å². The van der Waals surface area contributed by atoms with Gasteiger partial charge < -0.3 is 19.5 Å². The number of aliphatic carboxylic acids is 1. The average molecular weight is 245 g/mol. The second kappa shape index (κ2) is 7.24. The largest absolute Gasteiger partial charge is 0.481 e. The molecule has 6 heteroatoms. The van der Waals surface area contributed by atoms with E-state index >= 15 is 0 Å². The third-order valence-electron chi connectivity index (χ3n) is 2.73. The molecule has 0 aromatic heterocycles. The summed E-state index contributed by atoms with van der Waals surface area (Å²) in [5.41, 5.74) is 0. The van der Waals surface area contributed by atoms with Crippen molar-refractivity contribution in [1.29, 1.82) is 0 Å². The second-order valence-electron chi connectivity index (χ2n) is 4.03. The molecule has 1 fully saturated rings. The van der Waals surface area contributed by atoms with Crippen molar-refractivity contribution >= 4 is 11.9 Å². The van der Waals surface area contributed by atoms with Gasteiger partial charge in [0.2, 0.25) is 5.91 Å². The summed E-state index contributed by atoms with van der Waals surface area (Å²) in [7, 11) is 1.50. The standard InChI is InChI=1S/C11H19NO5/c1-16-8-10(13)12-5-2-9(3-6-12)17-7-4-11(14)15/h9H,2-8H2,1H3,(H,14,15). The summed E-state index contributed by atoms with van der Waals surface area (Å²) in [6, 6.07) is 0. The van der Waals surface area contributed by atoms with Gasteiger partial charge in [-0.25, -0.2) is 0 Å². The Morgan fingerprint density at radius 2 is 2.00 bits per heavy atom. The molecule has 0 aromatic carbocycles. The molecule has 0 saturated carbocycles. The molecule has 6 nitrogen and oxygen atoms in total. The van der Waals surface area contributed by atoms with Gasteiger partial charge in [-0.2, -0.15) is 0 Å². The number of carboxylic acids is 1. The number of likely N-dealkylation sites (tertiary alicyclic amines) is 1. The van der Waals surface area contributed by atoms with E-state index in [-0.39, 0.29) is 31.6 Å². The van der Waals surface area contributed by atoms with Gasteiger partial charge in [0.25, 0.3) is 0 Å². The van der Waals surface area contributed by atoms with E-state index in [0.29, 0.717) is 13.1 Å². The molecule has 0 radical (unpaired) electrons. The van der Waals surface area contributed by atoms with E-state index in [0.717, 1.165) is 12.8 Å². The lowest BCUT2D eigenvalue weighted by atomic mass is 10.1. The van der Waals surface area contributed by atoms with Gasteiger partial charge in [0.1, 0.15) is 6.61 Å². The Bertz CT molecular complexity index is 261. The predicted molar refractivity (Wildman–Crippen MR) is 59.7 cm³/mol. The molecular weight excluding hydrogens is 226 g/mol. The van der Waals surface area contributed by atoms with Crippen molar-refractivity contribution in [3.63, 3.8) is 0 Å². The van der Waals surface area contributed by atoms with Crippen molar-refractivity contribution in [3.8, 4) is 0 Å². The number of amides is 1. The summed E-state index contributed by atoms with van der Waals surface area (Å²) in [6.45, 7) is 1.66. The molecule has 1 saturated heterocycles. The van der Waals surface area contributed by atoms with Crippen LogP contribution in [0.3, 0.4) is 0 Å². The van der Waals surface area contributed by atoms with E-state index in [1.165, 1.54) is 7.11 Å². The minimum Gasteiger partial charge on any atom is -0.481 e. The van der Waals surface area contributed by atoms with Gasteiger partial charge in [0, 0.05) is 20.2 Å². The zero-order chi connectivity index (χ0) is 12.7. The normalized spacial score (nSPS) is 17.1. The summed E-state index contributed by atoms with van der Waals surface area (Å²) >= 11 is 0. The SMILES string of the molecule is COCC(=O)N1CCC(OCCC(=O)O)CC1. The van der Waals surface area contributed by atoms with Crippen LogP contribution in [0.15, 0.2) is 0 Å². The third kappa shape index (κ3) is 5.14. The molecule has 1 aliphatic rings. The van der Waals surface area contributed by atoms with Crippen LogP contribution in [0.5, 0.6) is 0 Å². The van der Waals surface area contributed by atoms with Crippen molar-refractivity contribution in [2.45, 2.75) is 25.4 Å². The zero-order valence-corrected chi connectivity index (χ0v) is 10.1. The van der Waals surface area contributed by atoms with E-state index in [4.69, 9.17) is 14.6 Å². The fraction of sp³-hybridized carbons (Fsp3) is 0.818. The Morgan fingerprint density at radius 3 is 2.53 bits per heavy atom. The zero-order valence-electron chi connectivity index (χ0n) is 10.1. The van der Waals surface area contributed by atoms with Crippen molar-refractivity contribution in [1.82, 2.24) is 4.90 Å². The summed E-state index contributed by atoms with van der Waals surface area (Å²) in [6.07, 6.45) is 1.62. The van der Waals surface area contributed by atoms with Crippen molar-refractivity contribution in [2.75, 3.05) is 33.4 Å². The highest BCUT2D eigenvalue weighted by atomic mass is 16.5. The number of ether oxygens (including phenoxy) is 2. The third-order valence-corrected chi connectivity index (χ3v) is 2.73. The Hall–Kier alpha value is -1.14. The molecule has 0 bridgehead atoms. The lowest BCUT2D eigenvalue weighted by Crippen LogP contribution is -2.42. The highest BCUT2D eigenvalue weighted by Crippen LogP contribution is 2.14. The van der Waals surface area contributed by atoms with Crippen molar-refractivity contribution in [2.24, 2.45) is 0 Å². The number of carbonyl (C=O) groups is 2. The smallest absolute Gasteiger partial charge is 0.305 e. The summed E-state index contributed by atoms with van der Waals surface area (Å²) in [5.74, 6) is -0.853. The molecule has 1 aliphatic heterocycles. The number of methoxy groups -OCH3 is 1. The predicted octanol–water partition coefficient (Wildman–Crippen LogP) is 0.115. The maximum absolute atomic E-state index is 11.5. The van der Waals surface area contributed by atoms with Crippen molar-refractivity contribution < 1.29 is 24.2 Å². The van der Waals surface area contributed by atoms with Gasteiger partial charge >= 0.3 is 5.97 Å². The quantitative estimate of drug-likeness (QED) is 0.719. The van der Waals surface area contributed by atoms with Crippen LogP contribution in [0.4, 0.5) is 0 Å². The molecule has 1 rings (SSSR count). The van der Waals surface area contributed by atoms with E-state index < -0.39 is 5.97 Å². The highest BCUT2D eigenvalue weighted by molar-refractivity contribution is 5.77. The molecule has 98 valence electrons. The number of hydrogen-bond acceptors (Lipinski definition) is 4. The van der Waals surface area contributed by atoms with Crippen LogP contribution >= 0.6 is 0 Å². The maximum Gasteiger partial charge on any atom is 0.305 e. The first kappa shape index (κ1) is 13.9. The molecule has 0 aliphatic carbocycles. The fourth-order valence-electron chi connectivity index (χ4n) is 1.80. The number of carboxylic acid groups (broad SMARTS) is 1. The Morgan fingerprint density at radius 1 is 1.35 bits per heavy atom. The second-order valence-corrected chi connectivity index (χ2v) is 4.03. The van der Waals surface area contributed by atoms with E-state index in [9.17, 15) is 9.59 Å². The lowest BCUT2D eigenvalue weighted by molar-refractivity contribution is -0.139. The van der Waals surface area contributed by atoms with Crippen LogP contribution < -0.4 is 0 Å². The maximum atomic E-state index is 11.5. The number of rotatable bonds is 6. The van der Waals surface area contributed by atoms with Gasteiger partial charge in [-0.3, -0.25) is 9.59 Å². The van der Waals surface area contributed by atoms with Crippen molar-refractivity contribution in [3.05, 3.63) is 0 Å². The summed E-state index contributed by atoms with van der Waals surface area (Å²) in [4.78, 5) is 23.5. The Kier molecular flexibility index (Phi) is 5.93. The van der Waals surface area contributed by atoms with Crippen LogP contribution in [0.2, 0.25) is 0 Å². The number of piperidine rings is 1. The topological polar surface area (TPSA) is 76.1 Å². The first-order chi connectivity index (χ1) is 8.13. The van der Waals surface area contributed by atoms with Crippen LogP contribution in [0.1, 0.15) is 19.3 Å². The van der Waals surface area contributed by atoms with Crippen LogP contribution in [-0.2, 0) is 19.1 Å². The number of carbonyl (C=O) groups excluding carboxylic acids is 1. The number of nitrogens with zero attached hydrogens (tertiary/aromatic N) is 1. The molecular formula is C11H19NO5. The minimum absolute atomic E-state index is 0.00325. The van der Waals surface area contributed by atoms with E-state index in [1.807, 2.05) is 0 Å². The molecule has 1 N–H and O–H groups in total. The Balaban J connectivity index is 2.17. The lowest BCUT2D eigenvalue weighted by Gasteiger charge is -2.31. The monoisotopic (exact) mass is 245 g/mol. The average Bonchev–Trinajstić information content (AvgIpc) is 2.30. The number of hydrogen-bond donors (Lipinski definition) is 1. The van der Waals surface area contributed by atoms with Gasteiger partial charge in [0.15, 0.2) is 0 Å². The minimum atomic E-state index is -0.849. The van der Waals surface area contributed by atoms with E-state index in [1.54, 1.807) is 4.90 Å². The molecule has 0 atom stereocenters. The molecule has 17 heavy (non-hydrogen) atoms. The van der Waals surface area contributed by atoms with Gasteiger partial charge in [-0.1, -0.05) is 0 Å². The first-order valence-corrected chi connectivity index (χ1v) is 5.73. The van der Waals surface area contributed by atoms with Gasteiger partial charge in [-0.15, -0.1) is 0 Å². The van der Waals surface area contributed by atoms with Crippen LogP contribution in [0, 0.1) is 0 Å². The molecule has 1 heterocycles. The summed E-state index contributed by atoms with van der Waals surface area (Å²) in [5, 5.41) is 8.47. The van der Waals surface area contributed by atoms with E-state index in [2.05, 4.69) is 0 Å². The first-order valence-electron chi connectivity index (χ1n) is 5.73. The van der Waals surface area contributed by atoms with Gasteiger partial charge in [0.05, 0.1) is 19.1 Å².